The standard InChI is InChI=1S/C20H23NO5/c1-11-17(20(23)26-4)18(19-13(21-11)6-5-7-14(19)22)12-8-9-15(24-2)16(10-12)25-3/h8-10,18,21H,5-7H2,1-4H3/t18-/m0/s1. The monoisotopic (exact) mass is 357 g/mol. The molecule has 1 aliphatic carbocycles. The van der Waals surface area contributed by atoms with Crippen molar-refractivity contribution in [3.63, 3.8) is 0 Å². The lowest BCUT2D eigenvalue weighted by Gasteiger charge is -2.34. The number of rotatable bonds is 4. The minimum absolute atomic E-state index is 0.0624. The van der Waals surface area contributed by atoms with Crippen molar-refractivity contribution in [2.45, 2.75) is 32.1 Å². The molecule has 0 aromatic heterocycles. The number of methoxy groups -OCH3 is 3. The Morgan fingerprint density at radius 2 is 1.85 bits per heavy atom. The Labute approximate surface area is 152 Å². The predicted octanol–water partition coefficient (Wildman–Crippen LogP) is 2.84. The van der Waals surface area contributed by atoms with E-state index in [9.17, 15) is 9.59 Å². The normalized spacial score (nSPS) is 19.7. The number of carbonyl (C=O) groups is 2. The SMILES string of the molecule is COC(=O)C1=C(C)NC2=C(C(=O)CCC2)[C@H]1c1ccc(OC)c(OC)c1. The van der Waals surface area contributed by atoms with Crippen LogP contribution in [-0.2, 0) is 14.3 Å². The average molecular weight is 357 g/mol. The quantitative estimate of drug-likeness (QED) is 0.836. The zero-order valence-electron chi connectivity index (χ0n) is 15.5. The lowest BCUT2D eigenvalue weighted by molar-refractivity contribution is -0.136. The first-order chi connectivity index (χ1) is 12.5. The van der Waals surface area contributed by atoms with Gasteiger partial charge in [0.2, 0.25) is 0 Å². The van der Waals surface area contributed by atoms with Crippen LogP contribution in [0.2, 0.25) is 0 Å². The molecule has 1 atom stereocenters. The maximum atomic E-state index is 12.7. The van der Waals surface area contributed by atoms with Crippen molar-refractivity contribution in [3.05, 3.63) is 46.3 Å². The number of esters is 1. The van der Waals surface area contributed by atoms with Crippen LogP contribution in [0.4, 0.5) is 0 Å². The second kappa shape index (κ2) is 7.23. The summed E-state index contributed by atoms with van der Waals surface area (Å²) in [6, 6.07) is 5.46. The van der Waals surface area contributed by atoms with Crippen molar-refractivity contribution in [2.75, 3.05) is 21.3 Å². The van der Waals surface area contributed by atoms with Gasteiger partial charge in [0.05, 0.1) is 26.9 Å². The van der Waals surface area contributed by atoms with Crippen molar-refractivity contribution >= 4 is 11.8 Å². The van der Waals surface area contributed by atoms with E-state index in [1.165, 1.54) is 7.11 Å². The summed E-state index contributed by atoms with van der Waals surface area (Å²) in [5, 5.41) is 3.25. The Kier molecular flexibility index (Phi) is 5.02. The van der Waals surface area contributed by atoms with Gasteiger partial charge in [0.1, 0.15) is 0 Å². The minimum atomic E-state index is -0.480. The molecule has 1 aliphatic heterocycles. The molecular formula is C20H23NO5. The number of hydrogen-bond donors (Lipinski definition) is 1. The van der Waals surface area contributed by atoms with Crippen molar-refractivity contribution in [3.8, 4) is 11.5 Å². The summed E-state index contributed by atoms with van der Waals surface area (Å²) in [4.78, 5) is 25.2. The lowest BCUT2D eigenvalue weighted by Crippen LogP contribution is -2.34. The zero-order chi connectivity index (χ0) is 18.8. The van der Waals surface area contributed by atoms with Crippen molar-refractivity contribution in [1.29, 1.82) is 0 Å². The van der Waals surface area contributed by atoms with Crippen molar-refractivity contribution < 1.29 is 23.8 Å². The highest BCUT2D eigenvalue weighted by Gasteiger charge is 2.39. The highest BCUT2D eigenvalue weighted by atomic mass is 16.5. The van der Waals surface area contributed by atoms with E-state index in [2.05, 4.69) is 5.32 Å². The molecule has 0 unspecified atom stereocenters. The summed E-state index contributed by atoms with van der Waals surface area (Å²) >= 11 is 0. The molecule has 0 amide bonds. The van der Waals surface area contributed by atoms with Gasteiger partial charge in [-0.2, -0.15) is 0 Å². The molecule has 1 N–H and O–H groups in total. The third-order valence-electron chi connectivity index (χ3n) is 4.92. The zero-order valence-corrected chi connectivity index (χ0v) is 15.5. The third-order valence-corrected chi connectivity index (χ3v) is 4.92. The van der Waals surface area contributed by atoms with Crippen LogP contribution in [0.15, 0.2) is 40.7 Å². The van der Waals surface area contributed by atoms with Gasteiger partial charge in [0.15, 0.2) is 17.3 Å². The van der Waals surface area contributed by atoms with E-state index in [-0.39, 0.29) is 5.78 Å². The molecular weight excluding hydrogens is 334 g/mol. The summed E-state index contributed by atoms with van der Waals surface area (Å²) in [6.45, 7) is 1.84. The maximum absolute atomic E-state index is 12.7. The molecule has 6 nitrogen and oxygen atoms in total. The number of hydrogen-bond acceptors (Lipinski definition) is 6. The van der Waals surface area contributed by atoms with E-state index in [0.29, 0.717) is 34.8 Å². The van der Waals surface area contributed by atoms with Crippen LogP contribution in [0.5, 0.6) is 11.5 Å². The highest BCUT2D eigenvalue weighted by molar-refractivity contribution is 6.03. The number of nitrogens with one attached hydrogen (secondary N) is 1. The largest absolute Gasteiger partial charge is 0.493 e. The average Bonchev–Trinajstić information content (AvgIpc) is 2.66. The first kappa shape index (κ1) is 18.0. The van der Waals surface area contributed by atoms with Crippen LogP contribution in [0, 0.1) is 0 Å². The minimum Gasteiger partial charge on any atom is -0.493 e. The van der Waals surface area contributed by atoms with Gasteiger partial charge >= 0.3 is 5.97 Å². The Balaban J connectivity index is 2.20. The molecule has 1 heterocycles. The molecule has 138 valence electrons. The molecule has 26 heavy (non-hydrogen) atoms. The van der Waals surface area contributed by atoms with Crippen LogP contribution in [0.25, 0.3) is 0 Å². The Morgan fingerprint density at radius 1 is 1.12 bits per heavy atom. The highest BCUT2D eigenvalue weighted by Crippen LogP contribution is 2.44. The van der Waals surface area contributed by atoms with Gasteiger partial charge in [-0.25, -0.2) is 4.79 Å². The van der Waals surface area contributed by atoms with E-state index >= 15 is 0 Å². The van der Waals surface area contributed by atoms with Crippen molar-refractivity contribution in [2.24, 2.45) is 0 Å². The second-order valence-electron chi connectivity index (χ2n) is 6.37. The molecule has 2 aliphatic rings. The molecule has 6 heteroatoms. The topological polar surface area (TPSA) is 73.9 Å². The molecule has 1 aromatic carbocycles. The van der Waals surface area contributed by atoms with Gasteiger partial charge in [-0.05, 0) is 37.5 Å². The summed E-state index contributed by atoms with van der Waals surface area (Å²) in [6.07, 6.45) is 2.08. The molecule has 3 rings (SSSR count). The Hall–Kier alpha value is -2.76. The van der Waals surface area contributed by atoms with Crippen LogP contribution in [0.3, 0.4) is 0 Å². The lowest BCUT2D eigenvalue weighted by atomic mass is 9.75. The molecule has 0 bridgehead atoms. The summed E-state index contributed by atoms with van der Waals surface area (Å²) < 4.78 is 15.7. The predicted molar refractivity (Wildman–Crippen MR) is 96.0 cm³/mol. The Bertz CT molecular complexity index is 821. The number of ether oxygens (including phenoxy) is 3. The molecule has 1 aromatic rings. The van der Waals surface area contributed by atoms with Crippen LogP contribution in [-0.4, -0.2) is 33.1 Å². The van der Waals surface area contributed by atoms with Gasteiger partial charge in [-0.1, -0.05) is 6.07 Å². The number of carbonyl (C=O) groups excluding carboxylic acids is 2. The summed E-state index contributed by atoms with van der Waals surface area (Å²) in [5.74, 6) is 0.281. The van der Waals surface area contributed by atoms with Gasteiger partial charge in [-0.3, -0.25) is 4.79 Å². The first-order valence-corrected chi connectivity index (χ1v) is 8.56. The van der Waals surface area contributed by atoms with Gasteiger partial charge in [0.25, 0.3) is 0 Å². The van der Waals surface area contributed by atoms with Gasteiger partial charge in [-0.15, -0.1) is 0 Å². The smallest absolute Gasteiger partial charge is 0.336 e. The molecule has 0 spiro atoms. The van der Waals surface area contributed by atoms with E-state index in [4.69, 9.17) is 14.2 Å². The number of allylic oxidation sites excluding steroid dienone is 3. The maximum Gasteiger partial charge on any atom is 0.336 e. The van der Waals surface area contributed by atoms with Crippen LogP contribution in [0.1, 0.15) is 37.7 Å². The summed E-state index contributed by atoms with van der Waals surface area (Å²) in [5.41, 5.74) is 3.51. The van der Waals surface area contributed by atoms with Gasteiger partial charge < -0.3 is 19.5 Å². The molecule has 0 radical (unpaired) electrons. The van der Waals surface area contributed by atoms with Crippen LogP contribution >= 0.6 is 0 Å². The molecule has 0 saturated carbocycles. The number of ketones is 1. The fourth-order valence-corrected chi connectivity index (χ4v) is 3.73. The fraction of sp³-hybridized carbons (Fsp3) is 0.400. The van der Waals surface area contributed by atoms with E-state index in [1.807, 2.05) is 19.1 Å². The van der Waals surface area contributed by atoms with Crippen molar-refractivity contribution in [1.82, 2.24) is 5.32 Å². The second-order valence-corrected chi connectivity index (χ2v) is 6.37. The fourth-order valence-electron chi connectivity index (χ4n) is 3.73. The summed E-state index contributed by atoms with van der Waals surface area (Å²) in [7, 11) is 4.47. The number of Topliss-reactive ketones (excluding diaryl/α,β-unsaturated/α-hetero) is 1. The third kappa shape index (κ3) is 2.96. The van der Waals surface area contributed by atoms with E-state index < -0.39 is 11.9 Å². The Morgan fingerprint density at radius 3 is 2.50 bits per heavy atom. The van der Waals surface area contributed by atoms with Crippen LogP contribution < -0.4 is 14.8 Å². The van der Waals surface area contributed by atoms with E-state index in [1.54, 1.807) is 20.3 Å². The molecule has 0 saturated heterocycles. The van der Waals surface area contributed by atoms with E-state index in [0.717, 1.165) is 24.1 Å². The number of dihydropyridines is 1. The molecule has 0 fully saturated rings. The number of benzene rings is 1. The first-order valence-electron chi connectivity index (χ1n) is 8.56. The van der Waals surface area contributed by atoms with Gasteiger partial charge in [0, 0.05) is 29.3 Å².